The van der Waals surface area contributed by atoms with Crippen molar-refractivity contribution in [3.8, 4) is 5.95 Å². The highest BCUT2D eigenvalue weighted by atomic mass is 32.1. The minimum absolute atomic E-state index is 0.0515. The van der Waals surface area contributed by atoms with E-state index in [-0.39, 0.29) is 36.5 Å². The van der Waals surface area contributed by atoms with Gasteiger partial charge < -0.3 is 19.8 Å². The summed E-state index contributed by atoms with van der Waals surface area (Å²) in [5, 5.41) is 18.6. The van der Waals surface area contributed by atoms with Crippen LogP contribution in [0, 0.1) is 0 Å². The fourth-order valence-corrected chi connectivity index (χ4v) is 3.70. The smallest absolute Gasteiger partial charge is 0.252 e. The molecule has 1 aliphatic carbocycles. The molecule has 1 N–H and O–H groups in total. The fourth-order valence-electron chi connectivity index (χ4n) is 3.27. The van der Waals surface area contributed by atoms with Gasteiger partial charge in [-0.15, -0.1) is 0 Å². The van der Waals surface area contributed by atoms with E-state index in [9.17, 15) is 14.7 Å². The number of thiocarbonyl (C=S) groups is 1. The van der Waals surface area contributed by atoms with E-state index in [4.69, 9.17) is 12.2 Å². The lowest BCUT2D eigenvalue weighted by molar-refractivity contribution is -0.746. The summed E-state index contributed by atoms with van der Waals surface area (Å²) in [6.07, 6.45) is 1.70. The standard InChI is InChI=1S/C18H19N5O4S/c1-21-14(17(26)27-20-21)10-22-13(16(25)23(18(22)28)12-7-8-12)9-15(24)19-11-5-3-2-4-6-11/h2-6,12-13H,7-10H2,1H3,(H-,19,20,24,26). The van der Waals surface area contributed by atoms with Crippen LogP contribution in [0.5, 0.6) is 5.95 Å². The highest BCUT2D eigenvalue weighted by molar-refractivity contribution is 7.80. The van der Waals surface area contributed by atoms with E-state index in [1.165, 1.54) is 4.68 Å². The number of anilines is 1. The molecule has 2 aliphatic rings. The van der Waals surface area contributed by atoms with Crippen LogP contribution in [-0.4, -0.2) is 44.1 Å². The Balaban J connectivity index is 1.55. The quantitative estimate of drug-likeness (QED) is 0.539. The van der Waals surface area contributed by atoms with Crippen LogP contribution >= 0.6 is 12.2 Å². The average molecular weight is 401 g/mol. The van der Waals surface area contributed by atoms with Gasteiger partial charge in [-0.05, 0) is 37.2 Å². The molecule has 10 heteroatoms. The van der Waals surface area contributed by atoms with Gasteiger partial charge in [-0.25, -0.2) is 0 Å². The first-order chi connectivity index (χ1) is 13.5. The Kier molecular flexibility index (Phi) is 4.71. The number of aryl methyl sites for hydroxylation is 1. The molecule has 2 aromatic rings. The van der Waals surface area contributed by atoms with Crippen molar-refractivity contribution in [3.05, 3.63) is 36.0 Å². The predicted octanol–water partition coefficient (Wildman–Crippen LogP) is 0.0616. The molecule has 0 spiro atoms. The van der Waals surface area contributed by atoms with Crippen LogP contribution in [0.15, 0.2) is 34.9 Å². The van der Waals surface area contributed by atoms with Gasteiger partial charge >= 0.3 is 0 Å². The van der Waals surface area contributed by atoms with Gasteiger partial charge in [-0.3, -0.25) is 14.5 Å². The van der Waals surface area contributed by atoms with Crippen molar-refractivity contribution in [2.75, 3.05) is 5.32 Å². The number of carbonyl (C=O) groups is 2. The summed E-state index contributed by atoms with van der Waals surface area (Å²) in [7, 11) is 1.58. The van der Waals surface area contributed by atoms with Gasteiger partial charge in [0.05, 0.1) is 11.7 Å². The fraction of sp³-hybridized carbons (Fsp3) is 0.389. The Labute approximate surface area is 166 Å². The molecule has 1 atom stereocenters. The summed E-state index contributed by atoms with van der Waals surface area (Å²) in [5.41, 5.74) is 0.916. The molecule has 9 nitrogen and oxygen atoms in total. The van der Waals surface area contributed by atoms with Crippen LogP contribution in [0.1, 0.15) is 25.0 Å². The molecule has 1 aromatic carbocycles. The molecule has 1 saturated carbocycles. The Hall–Kier alpha value is -3.01. The second kappa shape index (κ2) is 7.19. The number of amides is 2. The number of hydrogen-bond donors (Lipinski definition) is 1. The highest BCUT2D eigenvalue weighted by Gasteiger charge is 2.49. The monoisotopic (exact) mass is 401 g/mol. The average Bonchev–Trinajstić information content (AvgIpc) is 3.41. The molecule has 1 aromatic heterocycles. The SMILES string of the molecule is C[n+]1noc([O-])c1CN1C(=S)N(C2CC2)C(=O)C1CC(=O)Nc1ccccc1. The number of benzene rings is 1. The van der Waals surface area contributed by atoms with Gasteiger partial charge in [0.1, 0.15) is 12.6 Å². The van der Waals surface area contributed by atoms with Gasteiger partial charge in [0.2, 0.25) is 5.91 Å². The second-order valence-electron chi connectivity index (χ2n) is 6.91. The summed E-state index contributed by atoms with van der Waals surface area (Å²) < 4.78 is 5.98. The van der Waals surface area contributed by atoms with Crippen molar-refractivity contribution in [1.82, 2.24) is 15.1 Å². The number of nitrogens with one attached hydrogen (secondary N) is 1. The van der Waals surface area contributed by atoms with E-state index in [1.54, 1.807) is 29.0 Å². The molecule has 1 saturated heterocycles. The lowest BCUT2D eigenvalue weighted by atomic mass is 10.1. The third kappa shape index (κ3) is 3.42. The maximum absolute atomic E-state index is 13.0. The van der Waals surface area contributed by atoms with Crippen LogP contribution in [0.2, 0.25) is 0 Å². The number of para-hydroxylation sites is 1. The van der Waals surface area contributed by atoms with Crippen LogP contribution in [0.3, 0.4) is 0 Å². The first-order valence-corrected chi connectivity index (χ1v) is 9.37. The van der Waals surface area contributed by atoms with Crippen molar-refractivity contribution in [1.29, 1.82) is 0 Å². The van der Waals surface area contributed by atoms with Crippen LogP contribution < -0.4 is 15.1 Å². The predicted molar refractivity (Wildman–Crippen MR) is 98.6 cm³/mol. The first kappa shape index (κ1) is 18.4. The van der Waals surface area contributed by atoms with Crippen molar-refractivity contribution in [3.63, 3.8) is 0 Å². The number of hydrogen-bond acceptors (Lipinski definition) is 6. The molecule has 146 valence electrons. The van der Waals surface area contributed by atoms with Crippen LogP contribution in [0.4, 0.5) is 5.69 Å². The van der Waals surface area contributed by atoms with E-state index in [0.29, 0.717) is 10.8 Å². The minimum Gasteiger partial charge on any atom is -0.539 e. The maximum atomic E-state index is 13.0. The van der Waals surface area contributed by atoms with Crippen molar-refractivity contribution in [2.24, 2.45) is 7.05 Å². The number of aromatic nitrogens is 2. The third-order valence-electron chi connectivity index (χ3n) is 4.89. The Morgan fingerprint density at radius 2 is 2.11 bits per heavy atom. The Morgan fingerprint density at radius 1 is 1.39 bits per heavy atom. The topological polar surface area (TPSA) is 106 Å². The van der Waals surface area contributed by atoms with Crippen molar-refractivity contribution in [2.45, 2.75) is 37.9 Å². The molecule has 28 heavy (non-hydrogen) atoms. The molecule has 0 radical (unpaired) electrons. The summed E-state index contributed by atoms with van der Waals surface area (Å²) in [6, 6.07) is 8.33. The molecular formula is C18H19N5O4S. The summed E-state index contributed by atoms with van der Waals surface area (Å²) in [6.45, 7) is 0.0515. The lowest BCUT2D eigenvalue weighted by Gasteiger charge is -2.22. The Morgan fingerprint density at radius 3 is 2.71 bits per heavy atom. The molecule has 2 amide bonds. The van der Waals surface area contributed by atoms with Gasteiger partial charge in [-0.2, -0.15) is 0 Å². The lowest BCUT2D eigenvalue weighted by Crippen LogP contribution is -2.42. The zero-order valence-electron chi connectivity index (χ0n) is 15.2. The maximum Gasteiger partial charge on any atom is 0.252 e. The first-order valence-electron chi connectivity index (χ1n) is 8.96. The van der Waals surface area contributed by atoms with Gasteiger partial charge in [-0.1, -0.05) is 22.9 Å². The van der Waals surface area contributed by atoms with Crippen LogP contribution in [0.25, 0.3) is 0 Å². The van der Waals surface area contributed by atoms with Crippen LogP contribution in [-0.2, 0) is 23.2 Å². The number of nitrogens with zero attached hydrogens (tertiary/aromatic N) is 4. The third-order valence-corrected chi connectivity index (χ3v) is 5.32. The largest absolute Gasteiger partial charge is 0.539 e. The second-order valence-corrected chi connectivity index (χ2v) is 7.28. The molecule has 1 aliphatic heterocycles. The van der Waals surface area contributed by atoms with Gasteiger partial charge in [0, 0.05) is 11.7 Å². The minimum atomic E-state index is -0.772. The number of rotatable bonds is 6. The van der Waals surface area contributed by atoms with Crippen molar-refractivity contribution >= 4 is 34.8 Å². The molecule has 0 bridgehead atoms. The summed E-state index contributed by atoms with van der Waals surface area (Å²) in [5.74, 6) is -1.09. The zero-order valence-corrected chi connectivity index (χ0v) is 16.0. The van der Waals surface area contributed by atoms with Crippen molar-refractivity contribution < 1.29 is 23.9 Å². The zero-order chi connectivity index (χ0) is 19.8. The van der Waals surface area contributed by atoms with Gasteiger partial charge in [0.25, 0.3) is 11.6 Å². The summed E-state index contributed by atoms with van der Waals surface area (Å²) >= 11 is 5.51. The van der Waals surface area contributed by atoms with E-state index in [0.717, 1.165) is 12.8 Å². The van der Waals surface area contributed by atoms with E-state index < -0.39 is 12.0 Å². The molecule has 4 rings (SSSR count). The number of carbonyl (C=O) groups excluding carboxylic acids is 2. The van der Waals surface area contributed by atoms with E-state index in [1.807, 2.05) is 18.2 Å². The molecule has 2 heterocycles. The molecular weight excluding hydrogens is 382 g/mol. The van der Waals surface area contributed by atoms with Gasteiger partial charge in [0.15, 0.2) is 18.1 Å². The summed E-state index contributed by atoms with van der Waals surface area (Å²) in [4.78, 5) is 28.7. The molecule has 1 unspecified atom stereocenters. The normalized spacial score (nSPS) is 19.4. The highest BCUT2D eigenvalue weighted by Crippen LogP contribution is 2.34. The van der Waals surface area contributed by atoms with E-state index >= 15 is 0 Å². The Bertz CT molecular complexity index is 908. The molecule has 2 fully saturated rings. The van der Waals surface area contributed by atoms with E-state index in [2.05, 4.69) is 15.1 Å².